The molecule has 1 N–H and O–H groups in total. The van der Waals surface area contributed by atoms with Gasteiger partial charge in [-0.2, -0.15) is 5.26 Å². The molecule has 1 amide bonds. The molecule has 0 aliphatic carbocycles. The van der Waals surface area contributed by atoms with Gasteiger partial charge in [-0.15, -0.1) is 16.9 Å². The number of hydrogen-bond acceptors (Lipinski definition) is 4. The highest BCUT2D eigenvalue weighted by Gasteiger charge is 2.20. The molecule has 140 valence electrons. The lowest BCUT2D eigenvalue weighted by atomic mass is 10.2. The number of nitriles is 1. The first-order chi connectivity index (χ1) is 13.6. The molecule has 3 rings (SSSR count). The van der Waals surface area contributed by atoms with E-state index in [0.29, 0.717) is 15.6 Å². The fourth-order valence-electron chi connectivity index (χ4n) is 2.51. The number of thioether (sulfide) groups is 1. The summed E-state index contributed by atoms with van der Waals surface area (Å²) in [6, 6.07) is 18.8. The normalized spacial score (nSPS) is 10.8. The lowest BCUT2D eigenvalue weighted by Gasteiger charge is -2.05. The van der Waals surface area contributed by atoms with Crippen molar-refractivity contribution >= 4 is 41.2 Å². The summed E-state index contributed by atoms with van der Waals surface area (Å²) in [5, 5.41) is 18.1. The second kappa shape index (κ2) is 9.27. The molecule has 0 aliphatic rings. The van der Waals surface area contributed by atoms with Crippen LogP contribution in [0.15, 0.2) is 65.7 Å². The monoisotopic (exact) mass is 408 g/mol. The summed E-state index contributed by atoms with van der Waals surface area (Å²) in [4.78, 5) is 12.3. The molecule has 0 unspecified atom stereocenters. The number of halogens is 1. The average molecular weight is 409 g/mol. The summed E-state index contributed by atoms with van der Waals surface area (Å²) < 4.78 is 1.69. The van der Waals surface area contributed by atoms with Crippen LogP contribution in [0.3, 0.4) is 0 Å². The Hall–Kier alpha value is -3.01. The zero-order valence-corrected chi connectivity index (χ0v) is 16.7. The minimum absolute atomic E-state index is 0.244. The molecule has 0 radical (unpaired) electrons. The minimum Gasteiger partial charge on any atom is -0.304 e. The third kappa shape index (κ3) is 4.63. The molecule has 7 heteroatoms. The quantitative estimate of drug-likeness (QED) is 0.451. The number of anilines is 1. The molecule has 0 saturated carbocycles. The third-order valence-electron chi connectivity index (χ3n) is 3.78. The molecular formula is C21H17ClN4OS. The fourth-order valence-corrected chi connectivity index (χ4v) is 3.46. The maximum atomic E-state index is 12.3. The zero-order chi connectivity index (χ0) is 19.9. The number of para-hydroxylation sites is 1. The Balaban J connectivity index is 1.88. The van der Waals surface area contributed by atoms with Crippen LogP contribution in [0.2, 0.25) is 5.02 Å². The van der Waals surface area contributed by atoms with Crippen LogP contribution >= 0.6 is 23.4 Å². The van der Waals surface area contributed by atoms with Gasteiger partial charge in [0.2, 0.25) is 5.91 Å². The van der Waals surface area contributed by atoms with Gasteiger partial charge in [0.05, 0.1) is 5.69 Å². The van der Waals surface area contributed by atoms with E-state index in [9.17, 15) is 10.1 Å². The highest BCUT2D eigenvalue weighted by atomic mass is 35.5. The van der Waals surface area contributed by atoms with Crippen LogP contribution in [-0.2, 0) is 4.79 Å². The van der Waals surface area contributed by atoms with Gasteiger partial charge in [-0.05, 0) is 41.7 Å². The average Bonchev–Trinajstić information content (AvgIpc) is 3.05. The van der Waals surface area contributed by atoms with Crippen molar-refractivity contribution in [3.8, 4) is 11.8 Å². The summed E-state index contributed by atoms with van der Waals surface area (Å²) in [6.45, 7) is 2.00. The van der Waals surface area contributed by atoms with E-state index in [-0.39, 0.29) is 11.7 Å². The molecule has 0 aliphatic heterocycles. The van der Waals surface area contributed by atoms with Crippen LogP contribution in [0.4, 0.5) is 5.82 Å². The van der Waals surface area contributed by atoms with Gasteiger partial charge < -0.3 is 5.32 Å². The predicted octanol–water partition coefficient (Wildman–Crippen LogP) is 5.16. The van der Waals surface area contributed by atoms with E-state index in [2.05, 4.69) is 16.5 Å². The second-order valence-electron chi connectivity index (χ2n) is 5.70. The van der Waals surface area contributed by atoms with Gasteiger partial charge in [0.25, 0.3) is 0 Å². The van der Waals surface area contributed by atoms with Gasteiger partial charge in [-0.3, -0.25) is 4.79 Å². The lowest BCUT2D eigenvalue weighted by Crippen LogP contribution is -2.09. The summed E-state index contributed by atoms with van der Waals surface area (Å²) in [6.07, 6.45) is 3.08. The van der Waals surface area contributed by atoms with Gasteiger partial charge in [0.1, 0.15) is 16.7 Å². The SMILES string of the molecule is CCSc1c(C#N)c(NC(=O)C=Cc2ccc(Cl)cc2)nn1-c1ccccc1. The highest BCUT2D eigenvalue weighted by molar-refractivity contribution is 7.99. The van der Waals surface area contributed by atoms with Crippen LogP contribution in [-0.4, -0.2) is 21.4 Å². The van der Waals surface area contributed by atoms with Crippen molar-refractivity contribution in [2.75, 3.05) is 11.1 Å². The van der Waals surface area contributed by atoms with Crippen molar-refractivity contribution in [2.24, 2.45) is 0 Å². The maximum absolute atomic E-state index is 12.3. The van der Waals surface area contributed by atoms with Gasteiger partial charge in [-0.1, -0.05) is 48.9 Å². The standard InChI is InChI=1S/C21H17ClN4OS/c1-2-28-21-18(14-23)20(25-26(21)17-6-4-3-5-7-17)24-19(27)13-10-15-8-11-16(22)12-9-15/h3-13H,2H2,1H3,(H,24,25,27). The van der Waals surface area contributed by atoms with Gasteiger partial charge >= 0.3 is 0 Å². The largest absolute Gasteiger partial charge is 0.304 e. The van der Waals surface area contributed by atoms with Gasteiger partial charge in [0, 0.05) is 11.1 Å². The molecule has 28 heavy (non-hydrogen) atoms. The number of carbonyl (C=O) groups is 1. The van der Waals surface area contributed by atoms with Crippen LogP contribution in [0.5, 0.6) is 0 Å². The van der Waals surface area contributed by atoms with Crippen molar-refractivity contribution in [2.45, 2.75) is 11.9 Å². The number of aromatic nitrogens is 2. The van der Waals surface area contributed by atoms with E-state index < -0.39 is 0 Å². The van der Waals surface area contributed by atoms with E-state index in [4.69, 9.17) is 11.6 Å². The Labute approximate surface area is 172 Å². The molecule has 1 aromatic heterocycles. The fraction of sp³-hybridized carbons (Fsp3) is 0.0952. The van der Waals surface area contributed by atoms with E-state index in [1.165, 1.54) is 17.8 Å². The Kier molecular flexibility index (Phi) is 6.53. The van der Waals surface area contributed by atoms with Gasteiger partial charge in [-0.25, -0.2) is 4.68 Å². The summed E-state index contributed by atoms with van der Waals surface area (Å²) >= 11 is 7.37. The molecule has 3 aromatic rings. The highest BCUT2D eigenvalue weighted by Crippen LogP contribution is 2.30. The summed E-state index contributed by atoms with van der Waals surface area (Å²) in [7, 11) is 0. The Morgan fingerprint density at radius 3 is 2.61 bits per heavy atom. The topological polar surface area (TPSA) is 70.7 Å². The molecule has 0 saturated heterocycles. The van der Waals surface area contributed by atoms with Crippen molar-refractivity contribution in [1.29, 1.82) is 5.26 Å². The van der Waals surface area contributed by atoms with Crippen molar-refractivity contribution in [1.82, 2.24) is 9.78 Å². The second-order valence-corrected chi connectivity index (χ2v) is 7.38. The van der Waals surface area contributed by atoms with Crippen LogP contribution in [0.1, 0.15) is 18.1 Å². The number of carbonyl (C=O) groups excluding carboxylic acids is 1. The number of rotatable bonds is 6. The number of nitrogens with zero attached hydrogens (tertiary/aromatic N) is 3. The molecule has 0 fully saturated rings. The van der Waals surface area contributed by atoms with Crippen LogP contribution in [0, 0.1) is 11.3 Å². The zero-order valence-electron chi connectivity index (χ0n) is 15.1. The first-order valence-corrected chi connectivity index (χ1v) is 9.94. The van der Waals surface area contributed by atoms with Crippen molar-refractivity contribution < 1.29 is 4.79 Å². The molecule has 0 spiro atoms. The Bertz CT molecular complexity index is 1040. The summed E-state index contributed by atoms with van der Waals surface area (Å²) in [5.41, 5.74) is 2.02. The van der Waals surface area contributed by atoms with Crippen molar-refractivity contribution in [3.05, 3.63) is 76.8 Å². The molecule has 5 nitrogen and oxygen atoms in total. The molecule has 2 aromatic carbocycles. The number of amides is 1. The predicted molar refractivity (Wildman–Crippen MR) is 114 cm³/mol. The van der Waals surface area contributed by atoms with Gasteiger partial charge in [0.15, 0.2) is 5.82 Å². The van der Waals surface area contributed by atoms with Crippen LogP contribution < -0.4 is 5.32 Å². The number of hydrogen-bond donors (Lipinski definition) is 1. The smallest absolute Gasteiger partial charge is 0.249 e. The lowest BCUT2D eigenvalue weighted by molar-refractivity contribution is -0.111. The first kappa shape index (κ1) is 19.7. The first-order valence-electron chi connectivity index (χ1n) is 8.58. The Morgan fingerprint density at radius 2 is 1.96 bits per heavy atom. The van der Waals surface area contributed by atoms with E-state index in [0.717, 1.165) is 17.0 Å². The number of nitrogens with one attached hydrogen (secondary N) is 1. The Morgan fingerprint density at radius 1 is 1.25 bits per heavy atom. The van der Waals surface area contributed by atoms with E-state index in [1.807, 2.05) is 49.4 Å². The molecular weight excluding hydrogens is 392 g/mol. The maximum Gasteiger partial charge on any atom is 0.249 e. The third-order valence-corrected chi connectivity index (χ3v) is 4.97. The van der Waals surface area contributed by atoms with Crippen LogP contribution in [0.25, 0.3) is 11.8 Å². The van der Waals surface area contributed by atoms with E-state index >= 15 is 0 Å². The molecule has 0 atom stereocenters. The number of benzene rings is 2. The molecule has 0 bridgehead atoms. The van der Waals surface area contributed by atoms with E-state index in [1.54, 1.807) is 22.9 Å². The minimum atomic E-state index is -0.364. The molecule has 1 heterocycles. The summed E-state index contributed by atoms with van der Waals surface area (Å²) in [5.74, 6) is 0.655. The van der Waals surface area contributed by atoms with Crippen molar-refractivity contribution in [3.63, 3.8) is 0 Å².